The fraction of sp³-hybridized carbons (Fsp3) is 0.318. The molecule has 0 saturated carbocycles. The Labute approximate surface area is 179 Å². The van der Waals surface area contributed by atoms with Gasteiger partial charge in [-0.1, -0.05) is 38.5 Å². The van der Waals surface area contributed by atoms with E-state index in [9.17, 15) is 14.9 Å². The van der Waals surface area contributed by atoms with Crippen molar-refractivity contribution in [3.8, 4) is 17.2 Å². The molecule has 31 heavy (non-hydrogen) atoms. The largest absolute Gasteiger partial charge is 0.514 e. The Hall–Kier alpha value is -3.75. The smallest absolute Gasteiger partial charge is 0.430 e. The molecule has 0 spiro atoms. The molecule has 9 nitrogen and oxygen atoms in total. The second kappa shape index (κ2) is 8.95. The Morgan fingerprint density at radius 1 is 1.10 bits per heavy atom. The van der Waals surface area contributed by atoms with Gasteiger partial charge in [-0.2, -0.15) is 0 Å². The van der Waals surface area contributed by atoms with E-state index in [2.05, 4.69) is 10.2 Å². The van der Waals surface area contributed by atoms with Crippen LogP contribution >= 0.6 is 0 Å². The average Bonchev–Trinajstić information content (AvgIpc) is 3.16. The van der Waals surface area contributed by atoms with Crippen LogP contribution in [0.1, 0.15) is 32.2 Å². The maximum absolute atomic E-state index is 12.3. The summed E-state index contributed by atoms with van der Waals surface area (Å²) in [4.78, 5) is 22.5. The van der Waals surface area contributed by atoms with Crippen LogP contribution in [0.4, 0.5) is 10.5 Å². The SMILES string of the molecule is Cc1ccc(-c2nnc(C[C@@H](OC(=O)Oc3ccc([N+](=O)[O-])cc3)C(C)(C)C)o2)cc1. The number of nitro benzene ring substituents is 1. The lowest BCUT2D eigenvalue weighted by Gasteiger charge is -2.28. The molecule has 0 amide bonds. The third-order valence-corrected chi connectivity index (χ3v) is 4.58. The van der Waals surface area contributed by atoms with Gasteiger partial charge in [0, 0.05) is 17.7 Å². The van der Waals surface area contributed by atoms with Crippen LogP contribution in [0, 0.1) is 22.5 Å². The van der Waals surface area contributed by atoms with Crippen LogP contribution < -0.4 is 4.74 Å². The third kappa shape index (κ3) is 5.88. The van der Waals surface area contributed by atoms with Gasteiger partial charge in [-0.15, -0.1) is 10.2 Å². The van der Waals surface area contributed by atoms with E-state index in [1.165, 1.54) is 24.3 Å². The van der Waals surface area contributed by atoms with Crippen molar-refractivity contribution in [3.05, 3.63) is 70.1 Å². The first-order chi connectivity index (χ1) is 14.6. The zero-order valence-electron chi connectivity index (χ0n) is 17.7. The topological polar surface area (TPSA) is 118 Å². The summed E-state index contributed by atoms with van der Waals surface area (Å²) in [6.07, 6.45) is -1.33. The average molecular weight is 425 g/mol. The van der Waals surface area contributed by atoms with Gasteiger partial charge in [0.05, 0.1) is 11.3 Å². The van der Waals surface area contributed by atoms with Crippen molar-refractivity contribution in [2.75, 3.05) is 0 Å². The minimum atomic E-state index is -0.924. The van der Waals surface area contributed by atoms with Gasteiger partial charge in [0.1, 0.15) is 11.9 Å². The molecule has 0 aliphatic carbocycles. The molecule has 1 heterocycles. The molecular formula is C22H23N3O6. The lowest BCUT2D eigenvalue weighted by atomic mass is 9.87. The van der Waals surface area contributed by atoms with Crippen LogP contribution in [0.2, 0.25) is 0 Å². The second-order valence-electron chi connectivity index (χ2n) is 8.15. The Bertz CT molecular complexity index is 1050. The highest BCUT2D eigenvalue weighted by Crippen LogP contribution is 2.28. The van der Waals surface area contributed by atoms with Crippen LogP contribution in [-0.2, 0) is 11.2 Å². The number of aromatic nitrogens is 2. The Morgan fingerprint density at radius 2 is 1.74 bits per heavy atom. The number of carbonyl (C=O) groups excluding carboxylic acids is 1. The first-order valence-electron chi connectivity index (χ1n) is 9.64. The van der Waals surface area contributed by atoms with Crippen LogP contribution in [-0.4, -0.2) is 27.4 Å². The summed E-state index contributed by atoms with van der Waals surface area (Å²) in [5, 5.41) is 18.9. The molecule has 0 radical (unpaired) electrons. The molecule has 1 atom stereocenters. The minimum absolute atomic E-state index is 0.103. The predicted molar refractivity (Wildman–Crippen MR) is 112 cm³/mol. The number of nitro groups is 1. The molecule has 1 aromatic heterocycles. The summed E-state index contributed by atoms with van der Waals surface area (Å²) in [7, 11) is 0. The molecule has 0 saturated heterocycles. The van der Waals surface area contributed by atoms with Crippen LogP contribution in [0.25, 0.3) is 11.5 Å². The lowest BCUT2D eigenvalue weighted by molar-refractivity contribution is -0.384. The van der Waals surface area contributed by atoms with Crippen molar-refractivity contribution in [1.82, 2.24) is 10.2 Å². The molecule has 0 aliphatic rings. The van der Waals surface area contributed by atoms with Gasteiger partial charge in [0.2, 0.25) is 11.8 Å². The van der Waals surface area contributed by atoms with Crippen LogP contribution in [0.3, 0.4) is 0 Å². The molecule has 2 aromatic carbocycles. The number of hydrogen-bond acceptors (Lipinski definition) is 8. The van der Waals surface area contributed by atoms with Crippen molar-refractivity contribution in [1.29, 1.82) is 0 Å². The molecule has 0 bridgehead atoms. The van der Waals surface area contributed by atoms with Crippen molar-refractivity contribution in [2.24, 2.45) is 5.41 Å². The molecule has 9 heteroatoms. The molecule has 162 valence electrons. The molecular weight excluding hydrogens is 402 g/mol. The highest BCUT2D eigenvalue weighted by molar-refractivity contribution is 5.64. The fourth-order valence-corrected chi connectivity index (χ4v) is 2.70. The van der Waals surface area contributed by atoms with Crippen molar-refractivity contribution >= 4 is 11.8 Å². The van der Waals surface area contributed by atoms with Gasteiger partial charge in [-0.25, -0.2) is 4.79 Å². The molecule has 0 fully saturated rings. The number of benzene rings is 2. The van der Waals surface area contributed by atoms with Gasteiger partial charge in [-0.05, 0) is 36.6 Å². The maximum atomic E-state index is 12.3. The van der Waals surface area contributed by atoms with E-state index in [1.54, 1.807) is 0 Å². The number of nitrogens with zero attached hydrogens (tertiary/aromatic N) is 3. The number of non-ortho nitro benzene ring substituents is 1. The fourth-order valence-electron chi connectivity index (χ4n) is 2.70. The van der Waals surface area contributed by atoms with Crippen LogP contribution in [0.15, 0.2) is 52.9 Å². The standard InChI is InChI=1S/C22H23N3O6/c1-14-5-7-15(8-6-14)20-24-23-19(31-20)13-18(22(2,3)4)30-21(26)29-17-11-9-16(10-12-17)25(27)28/h5-12,18H,13H2,1-4H3/t18-/m1/s1. The van der Waals surface area contributed by atoms with Crippen molar-refractivity contribution < 1.29 is 23.6 Å². The monoisotopic (exact) mass is 425 g/mol. The van der Waals surface area contributed by atoms with Gasteiger partial charge in [0.25, 0.3) is 5.69 Å². The zero-order chi connectivity index (χ0) is 22.6. The molecule has 0 N–H and O–H groups in total. The minimum Gasteiger partial charge on any atom is -0.430 e. The summed E-state index contributed by atoms with van der Waals surface area (Å²) in [5.74, 6) is 0.859. The summed E-state index contributed by atoms with van der Waals surface area (Å²) in [6.45, 7) is 7.72. The normalized spacial score (nSPS) is 12.3. The van der Waals surface area contributed by atoms with E-state index in [4.69, 9.17) is 13.9 Å². The molecule has 3 rings (SSSR count). The number of rotatable bonds is 6. The molecule has 0 aliphatic heterocycles. The Balaban J connectivity index is 1.67. The number of aryl methyl sites for hydroxylation is 1. The van der Waals surface area contributed by atoms with Gasteiger partial charge >= 0.3 is 6.16 Å². The first kappa shape index (κ1) is 21.9. The highest BCUT2D eigenvalue weighted by Gasteiger charge is 2.31. The summed E-state index contributed by atoms with van der Waals surface area (Å²) < 4.78 is 16.4. The van der Waals surface area contributed by atoms with Crippen molar-refractivity contribution in [3.63, 3.8) is 0 Å². The lowest BCUT2D eigenvalue weighted by Crippen LogP contribution is -2.34. The summed E-state index contributed by atoms with van der Waals surface area (Å²) >= 11 is 0. The second-order valence-corrected chi connectivity index (χ2v) is 8.15. The molecule has 3 aromatic rings. The van der Waals surface area contributed by atoms with E-state index < -0.39 is 22.6 Å². The van der Waals surface area contributed by atoms with Gasteiger partial charge in [0.15, 0.2) is 0 Å². The molecule has 0 unspecified atom stereocenters. The zero-order valence-corrected chi connectivity index (χ0v) is 17.7. The van der Waals surface area contributed by atoms with E-state index >= 15 is 0 Å². The van der Waals surface area contributed by atoms with Crippen molar-refractivity contribution in [2.45, 2.75) is 40.2 Å². The highest BCUT2D eigenvalue weighted by atomic mass is 16.7. The number of ether oxygens (including phenoxy) is 2. The number of carbonyl (C=O) groups is 1. The van der Waals surface area contributed by atoms with E-state index in [0.29, 0.717) is 11.8 Å². The summed E-state index contributed by atoms with van der Waals surface area (Å²) in [5.41, 5.74) is 1.38. The third-order valence-electron chi connectivity index (χ3n) is 4.58. The van der Waals surface area contributed by atoms with Gasteiger partial charge in [-0.3, -0.25) is 10.1 Å². The summed E-state index contributed by atoms with van der Waals surface area (Å²) in [6, 6.07) is 12.8. The maximum Gasteiger partial charge on any atom is 0.514 e. The predicted octanol–water partition coefficient (Wildman–Crippen LogP) is 5.13. The Morgan fingerprint density at radius 3 is 2.32 bits per heavy atom. The van der Waals surface area contributed by atoms with E-state index in [0.717, 1.165) is 11.1 Å². The van der Waals surface area contributed by atoms with Crippen LogP contribution in [0.5, 0.6) is 5.75 Å². The van der Waals surface area contributed by atoms with Gasteiger partial charge < -0.3 is 13.9 Å². The first-order valence-corrected chi connectivity index (χ1v) is 9.64. The quantitative estimate of drug-likeness (QED) is 0.231. The number of hydrogen-bond donors (Lipinski definition) is 0. The van der Waals surface area contributed by atoms with E-state index in [-0.39, 0.29) is 17.9 Å². The van der Waals surface area contributed by atoms with E-state index in [1.807, 2.05) is 52.0 Å². The Kier molecular flexibility index (Phi) is 6.33.